The zero-order valence-electron chi connectivity index (χ0n) is 14.9. The number of rotatable bonds is 10. The van der Waals surface area contributed by atoms with Crippen molar-refractivity contribution in [1.82, 2.24) is 21.3 Å². The van der Waals surface area contributed by atoms with E-state index in [1.54, 1.807) is 6.92 Å². The van der Waals surface area contributed by atoms with Crippen molar-refractivity contribution >= 4 is 29.6 Å². The van der Waals surface area contributed by atoms with Crippen molar-refractivity contribution in [2.24, 2.45) is 5.92 Å². The van der Waals surface area contributed by atoms with Crippen molar-refractivity contribution in [2.45, 2.75) is 33.2 Å². The van der Waals surface area contributed by atoms with Gasteiger partial charge in [-0.05, 0) is 5.92 Å². The molecule has 0 aromatic carbocycles. The highest BCUT2D eigenvalue weighted by molar-refractivity contribution is 5.92. The Morgan fingerprint density at radius 3 is 2.04 bits per heavy atom. The minimum absolute atomic E-state index is 0.184. The predicted molar refractivity (Wildman–Crippen MR) is 88.1 cm³/mol. The van der Waals surface area contributed by atoms with Crippen LogP contribution in [0, 0.1) is 5.92 Å². The second-order valence-electron chi connectivity index (χ2n) is 5.41. The van der Waals surface area contributed by atoms with Crippen LogP contribution in [0.3, 0.4) is 0 Å². The second-order valence-corrected chi connectivity index (χ2v) is 5.41. The lowest BCUT2D eigenvalue weighted by Gasteiger charge is -2.23. The lowest BCUT2D eigenvalue weighted by molar-refractivity contribution is -0.141. The summed E-state index contributed by atoms with van der Waals surface area (Å²) in [5.41, 5.74) is 0. The van der Waals surface area contributed by atoms with E-state index >= 15 is 0 Å². The zero-order chi connectivity index (χ0) is 19.4. The van der Waals surface area contributed by atoms with Gasteiger partial charge < -0.3 is 26.0 Å². The molecule has 0 aromatic heterocycles. The molecule has 0 spiro atoms. The molecule has 0 aliphatic rings. The van der Waals surface area contributed by atoms with Crippen molar-refractivity contribution < 1.29 is 28.7 Å². The zero-order valence-corrected chi connectivity index (χ0v) is 14.9. The van der Waals surface area contributed by atoms with Crippen LogP contribution >= 0.6 is 0 Å². The molecule has 0 aliphatic carbocycles. The van der Waals surface area contributed by atoms with Crippen LogP contribution in [-0.4, -0.2) is 62.4 Å². The van der Waals surface area contributed by atoms with Gasteiger partial charge in [0.05, 0.1) is 20.2 Å². The van der Waals surface area contributed by atoms with Gasteiger partial charge >= 0.3 is 5.97 Å². The molecule has 0 fully saturated rings. The van der Waals surface area contributed by atoms with E-state index in [4.69, 9.17) is 0 Å². The molecule has 0 saturated carbocycles. The summed E-state index contributed by atoms with van der Waals surface area (Å²) < 4.78 is 4.43. The van der Waals surface area contributed by atoms with Gasteiger partial charge in [0, 0.05) is 6.92 Å². The summed E-state index contributed by atoms with van der Waals surface area (Å²) in [6.45, 7) is 4.02. The monoisotopic (exact) mass is 358 g/mol. The van der Waals surface area contributed by atoms with Gasteiger partial charge in [0.25, 0.3) is 0 Å². The van der Waals surface area contributed by atoms with E-state index in [-0.39, 0.29) is 31.5 Å². The maximum atomic E-state index is 12.1. The minimum Gasteiger partial charge on any atom is -0.468 e. The molecule has 0 unspecified atom stereocenters. The molecule has 10 nitrogen and oxygen atoms in total. The summed E-state index contributed by atoms with van der Waals surface area (Å²) in [6, 6.07) is -0.852. The van der Waals surface area contributed by atoms with E-state index in [1.807, 2.05) is 6.92 Å². The fourth-order valence-corrected chi connectivity index (χ4v) is 1.71. The summed E-state index contributed by atoms with van der Waals surface area (Å²) in [7, 11) is 1.20. The molecule has 4 amide bonds. The van der Waals surface area contributed by atoms with Crippen molar-refractivity contribution in [3.8, 4) is 0 Å². The van der Waals surface area contributed by atoms with Crippen LogP contribution < -0.4 is 21.3 Å². The van der Waals surface area contributed by atoms with E-state index < -0.39 is 29.7 Å². The van der Waals surface area contributed by atoms with E-state index in [2.05, 4.69) is 26.0 Å². The Hall–Kier alpha value is -2.65. The van der Waals surface area contributed by atoms with Gasteiger partial charge in [0.2, 0.25) is 23.6 Å². The SMILES string of the molecule is CC[C@H](C)[C@H](NC(=O)CNC(=O)CNC(C)=O)C(=O)NCC(=O)OC. The molecule has 0 saturated heterocycles. The van der Waals surface area contributed by atoms with Gasteiger partial charge in [-0.25, -0.2) is 0 Å². The topological polar surface area (TPSA) is 143 Å². The highest BCUT2D eigenvalue weighted by atomic mass is 16.5. The smallest absolute Gasteiger partial charge is 0.325 e. The molecular weight excluding hydrogens is 332 g/mol. The number of methoxy groups -OCH3 is 1. The normalized spacial score (nSPS) is 12.3. The number of carbonyl (C=O) groups is 5. The van der Waals surface area contributed by atoms with Crippen LogP contribution in [0.25, 0.3) is 0 Å². The third-order valence-corrected chi connectivity index (χ3v) is 3.39. The molecule has 10 heteroatoms. The average molecular weight is 358 g/mol. The van der Waals surface area contributed by atoms with Gasteiger partial charge in [-0.3, -0.25) is 24.0 Å². The van der Waals surface area contributed by atoms with E-state index in [0.29, 0.717) is 6.42 Å². The van der Waals surface area contributed by atoms with Crippen molar-refractivity contribution in [2.75, 3.05) is 26.7 Å². The molecule has 142 valence electrons. The third-order valence-electron chi connectivity index (χ3n) is 3.39. The standard InChI is InChI=1S/C15H26N4O6/c1-5-9(2)14(15(24)18-8-13(23)25-4)19-12(22)7-17-11(21)6-16-10(3)20/h9,14H,5-8H2,1-4H3,(H,16,20)(H,17,21)(H,18,24)(H,19,22)/t9-,14-/m0/s1. The number of ether oxygens (including phenoxy) is 1. The lowest BCUT2D eigenvalue weighted by Crippen LogP contribution is -2.53. The first-order valence-corrected chi connectivity index (χ1v) is 7.86. The number of nitrogens with one attached hydrogen (secondary N) is 4. The Morgan fingerprint density at radius 2 is 1.52 bits per heavy atom. The first-order chi connectivity index (χ1) is 11.7. The van der Waals surface area contributed by atoms with Crippen LogP contribution in [0.2, 0.25) is 0 Å². The Kier molecular flexibility index (Phi) is 10.6. The average Bonchev–Trinajstić information content (AvgIpc) is 2.59. The minimum atomic E-state index is -0.852. The fraction of sp³-hybridized carbons (Fsp3) is 0.667. The van der Waals surface area contributed by atoms with Gasteiger partial charge in [-0.1, -0.05) is 20.3 Å². The van der Waals surface area contributed by atoms with E-state index in [0.717, 1.165) is 0 Å². The second kappa shape index (κ2) is 11.8. The van der Waals surface area contributed by atoms with Gasteiger partial charge in [-0.15, -0.1) is 0 Å². The molecule has 0 aromatic rings. The molecule has 2 atom stereocenters. The van der Waals surface area contributed by atoms with Gasteiger partial charge in [0.15, 0.2) is 0 Å². The largest absolute Gasteiger partial charge is 0.468 e. The summed E-state index contributed by atoms with van der Waals surface area (Å²) in [4.78, 5) is 57.3. The number of carbonyl (C=O) groups excluding carboxylic acids is 5. The molecule has 0 bridgehead atoms. The Balaban J connectivity index is 4.52. The van der Waals surface area contributed by atoms with Crippen LogP contribution in [0.15, 0.2) is 0 Å². The first kappa shape index (κ1) is 22.4. The van der Waals surface area contributed by atoms with Crippen LogP contribution in [0.1, 0.15) is 27.2 Å². The number of amides is 4. The Bertz CT molecular complexity index is 508. The van der Waals surface area contributed by atoms with Gasteiger partial charge in [0.1, 0.15) is 12.6 Å². The molecule has 4 N–H and O–H groups in total. The molecule has 25 heavy (non-hydrogen) atoms. The fourth-order valence-electron chi connectivity index (χ4n) is 1.71. The molecule has 0 radical (unpaired) electrons. The molecular formula is C15H26N4O6. The maximum Gasteiger partial charge on any atom is 0.325 e. The number of hydrogen-bond acceptors (Lipinski definition) is 6. The molecule has 0 heterocycles. The predicted octanol–water partition coefficient (Wildman–Crippen LogP) is -1.94. The molecule has 0 aliphatic heterocycles. The van der Waals surface area contributed by atoms with E-state index in [1.165, 1.54) is 14.0 Å². The Morgan fingerprint density at radius 1 is 0.920 bits per heavy atom. The summed E-state index contributed by atoms with van der Waals surface area (Å²) in [5, 5.41) is 9.54. The lowest BCUT2D eigenvalue weighted by atomic mass is 9.98. The summed E-state index contributed by atoms with van der Waals surface area (Å²) in [6.07, 6.45) is 0.617. The first-order valence-electron chi connectivity index (χ1n) is 7.86. The maximum absolute atomic E-state index is 12.1. The van der Waals surface area contributed by atoms with Crippen LogP contribution in [0.5, 0.6) is 0 Å². The van der Waals surface area contributed by atoms with Gasteiger partial charge in [-0.2, -0.15) is 0 Å². The van der Waals surface area contributed by atoms with Crippen molar-refractivity contribution in [3.05, 3.63) is 0 Å². The highest BCUT2D eigenvalue weighted by Crippen LogP contribution is 2.07. The molecule has 0 rings (SSSR count). The number of esters is 1. The highest BCUT2D eigenvalue weighted by Gasteiger charge is 2.26. The van der Waals surface area contributed by atoms with Crippen LogP contribution in [-0.2, 0) is 28.7 Å². The summed E-state index contributed by atoms with van der Waals surface area (Å²) in [5.74, 6) is -2.75. The Labute approximate surface area is 146 Å². The van der Waals surface area contributed by atoms with E-state index in [9.17, 15) is 24.0 Å². The van der Waals surface area contributed by atoms with Crippen molar-refractivity contribution in [1.29, 1.82) is 0 Å². The third kappa shape index (κ3) is 9.95. The van der Waals surface area contributed by atoms with Crippen molar-refractivity contribution in [3.63, 3.8) is 0 Å². The summed E-state index contributed by atoms with van der Waals surface area (Å²) >= 11 is 0. The quantitative estimate of drug-likeness (QED) is 0.335. The van der Waals surface area contributed by atoms with Crippen LogP contribution in [0.4, 0.5) is 0 Å². The number of hydrogen-bond donors (Lipinski definition) is 4.